The predicted molar refractivity (Wildman–Crippen MR) is 116 cm³/mol. The van der Waals surface area contributed by atoms with E-state index in [0.717, 1.165) is 38.2 Å². The molecule has 0 bridgehead atoms. The summed E-state index contributed by atoms with van der Waals surface area (Å²) in [4.78, 5) is 2.53. The standard InChI is InChI=1S/C25H32N2O/c1-20(16-21-8-4-3-5-9-21)18-27(2)23-12-14-25(15-13-23)19-26-17-22-10-6-7-11-24(22)28-25/h3-11,16,23,26H,12-15,17-19H2,1-2H3/b20-16+. The Hall–Kier alpha value is -2.10. The number of ether oxygens (including phenoxy) is 1. The van der Waals surface area contributed by atoms with Gasteiger partial charge in [0.25, 0.3) is 0 Å². The van der Waals surface area contributed by atoms with Crippen LogP contribution in [0.5, 0.6) is 5.75 Å². The van der Waals surface area contributed by atoms with Crippen molar-refractivity contribution in [2.75, 3.05) is 20.1 Å². The Balaban J connectivity index is 1.35. The summed E-state index contributed by atoms with van der Waals surface area (Å²) in [5.74, 6) is 1.07. The van der Waals surface area contributed by atoms with Crippen molar-refractivity contribution in [3.63, 3.8) is 0 Å². The van der Waals surface area contributed by atoms with Crippen LogP contribution in [0.15, 0.2) is 60.2 Å². The van der Waals surface area contributed by atoms with Crippen LogP contribution in [0.1, 0.15) is 43.7 Å². The van der Waals surface area contributed by atoms with Crippen molar-refractivity contribution in [1.82, 2.24) is 10.2 Å². The second-order valence-corrected chi connectivity index (χ2v) is 8.54. The van der Waals surface area contributed by atoms with Gasteiger partial charge in [0.2, 0.25) is 0 Å². The lowest BCUT2D eigenvalue weighted by molar-refractivity contribution is 0.0113. The molecule has 1 saturated carbocycles. The number of likely N-dealkylation sites (N-methyl/N-ethyl adjacent to an activating group) is 1. The average Bonchev–Trinajstić information content (AvgIpc) is 2.88. The topological polar surface area (TPSA) is 24.5 Å². The molecular weight excluding hydrogens is 344 g/mol. The summed E-state index contributed by atoms with van der Waals surface area (Å²) in [6.07, 6.45) is 6.92. The molecule has 1 aliphatic carbocycles. The van der Waals surface area contributed by atoms with E-state index in [9.17, 15) is 0 Å². The van der Waals surface area contributed by atoms with Gasteiger partial charge in [-0.15, -0.1) is 0 Å². The van der Waals surface area contributed by atoms with Crippen molar-refractivity contribution < 1.29 is 4.74 Å². The van der Waals surface area contributed by atoms with E-state index in [1.807, 2.05) is 0 Å². The number of benzene rings is 2. The van der Waals surface area contributed by atoms with Gasteiger partial charge in [-0.2, -0.15) is 0 Å². The second-order valence-electron chi connectivity index (χ2n) is 8.54. The minimum Gasteiger partial charge on any atom is -0.486 e. The number of fused-ring (bicyclic) bond motifs is 1. The molecule has 28 heavy (non-hydrogen) atoms. The van der Waals surface area contributed by atoms with Gasteiger partial charge in [-0.3, -0.25) is 4.90 Å². The van der Waals surface area contributed by atoms with E-state index in [2.05, 4.69) is 84.9 Å². The number of rotatable bonds is 4. The van der Waals surface area contributed by atoms with Crippen LogP contribution in [0.25, 0.3) is 6.08 Å². The molecule has 0 unspecified atom stereocenters. The number of hydrogen-bond acceptors (Lipinski definition) is 3. The molecule has 0 radical (unpaired) electrons. The Bertz CT molecular complexity index is 806. The second kappa shape index (κ2) is 8.50. The van der Waals surface area contributed by atoms with Crippen LogP contribution >= 0.6 is 0 Å². The zero-order valence-corrected chi connectivity index (χ0v) is 17.2. The molecule has 4 rings (SSSR count). The minimum absolute atomic E-state index is 0.0428. The molecule has 0 atom stereocenters. The van der Waals surface area contributed by atoms with E-state index in [4.69, 9.17) is 4.74 Å². The maximum atomic E-state index is 6.58. The van der Waals surface area contributed by atoms with Gasteiger partial charge in [0.15, 0.2) is 0 Å². The first-order valence-electron chi connectivity index (χ1n) is 10.5. The third-order valence-corrected chi connectivity index (χ3v) is 6.26. The monoisotopic (exact) mass is 376 g/mol. The van der Waals surface area contributed by atoms with Crippen LogP contribution in [0, 0.1) is 0 Å². The Labute approximate surface area is 169 Å². The first kappa shape index (κ1) is 19.2. The molecule has 2 aromatic rings. The van der Waals surface area contributed by atoms with Crippen molar-refractivity contribution in [1.29, 1.82) is 0 Å². The molecule has 1 N–H and O–H groups in total. The lowest BCUT2D eigenvalue weighted by atomic mass is 9.81. The summed E-state index contributed by atoms with van der Waals surface area (Å²) < 4.78 is 6.58. The fourth-order valence-electron chi connectivity index (χ4n) is 4.69. The molecule has 0 saturated heterocycles. The van der Waals surface area contributed by atoms with Gasteiger partial charge in [0.1, 0.15) is 11.4 Å². The lowest BCUT2D eigenvalue weighted by Crippen LogP contribution is -2.50. The molecule has 1 fully saturated rings. The summed E-state index contributed by atoms with van der Waals surface area (Å²) in [7, 11) is 2.27. The highest BCUT2D eigenvalue weighted by molar-refractivity contribution is 5.52. The van der Waals surface area contributed by atoms with Crippen LogP contribution in [0.3, 0.4) is 0 Å². The Morgan fingerprint density at radius 1 is 1.11 bits per heavy atom. The third-order valence-electron chi connectivity index (χ3n) is 6.26. The largest absolute Gasteiger partial charge is 0.486 e. The fourth-order valence-corrected chi connectivity index (χ4v) is 4.69. The number of nitrogens with one attached hydrogen (secondary N) is 1. The van der Waals surface area contributed by atoms with Gasteiger partial charge in [0.05, 0.1) is 0 Å². The van der Waals surface area contributed by atoms with Crippen molar-refractivity contribution >= 4 is 6.08 Å². The van der Waals surface area contributed by atoms with Crippen LogP contribution in [-0.2, 0) is 6.54 Å². The van der Waals surface area contributed by atoms with Crippen molar-refractivity contribution in [3.8, 4) is 5.75 Å². The summed E-state index contributed by atoms with van der Waals surface area (Å²) in [5, 5.41) is 3.62. The molecule has 2 aliphatic rings. The zero-order chi connectivity index (χ0) is 19.4. The molecule has 1 spiro atoms. The molecule has 0 aromatic heterocycles. The number of nitrogens with zero attached hydrogens (tertiary/aromatic N) is 1. The molecule has 1 heterocycles. The van der Waals surface area contributed by atoms with Crippen LogP contribution in [0.2, 0.25) is 0 Å². The van der Waals surface area contributed by atoms with Gasteiger partial charge < -0.3 is 10.1 Å². The highest BCUT2D eigenvalue weighted by atomic mass is 16.5. The van der Waals surface area contributed by atoms with E-state index in [-0.39, 0.29) is 5.60 Å². The van der Waals surface area contributed by atoms with Gasteiger partial charge in [-0.1, -0.05) is 60.2 Å². The Kier molecular flexibility index (Phi) is 5.84. The molecule has 2 aromatic carbocycles. The maximum Gasteiger partial charge on any atom is 0.124 e. The molecule has 3 heteroatoms. The van der Waals surface area contributed by atoms with E-state index in [1.165, 1.54) is 29.5 Å². The van der Waals surface area contributed by atoms with Crippen molar-refractivity contribution in [2.45, 2.75) is 50.8 Å². The normalized spacial score (nSPS) is 25.2. The third kappa shape index (κ3) is 4.48. The first-order valence-corrected chi connectivity index (χ1v) is 10.5. The number of para-hydroxylation sites is 1. The highest BCUT2D eigenvalue weighted by Gasteiger charge is 2.39. The van der Waals surface area contributed by atoms with Gasteiger partial charge in [-0.05, 0) is 51.3 Å². The van der Waals surface area contributed by atoms with Crippen LogP contribution in [0.4, 0.5) is 0 Å². The molecule has 0 amide bonds. The summed E-state index contributed by atoms with van der Waals surface area (Å²) in [6, 6.07) is 19.7. The summed E-state index contributed by atoms with van der Waals surface area (Å²) in [5.41, 5.74) is 3.93. The quantitative estimate of drug-likeness (QED) is 0.823. The predicted octanol–water partition coefficient (Wildman–Crippen LogP) is 4.89. The maximum absolute atomic E-state index is 6.58. The zero-order valence-electron chi connectivity index (χ0n) is 17.2. The SMILES string of the molecule is C/C(=C\c1ccccc1)CN(C)C1CCC2(CC1)CNCc1ccccc1O2. The van der Waals surface area contributed by atoms with Gasteiger partial charge in [0, 0.05) is 31.2 Å². The molecule has 148 valence electrons. The molecule has 3 nitrogen and oxygen atoms in total. The van der Waals surface area contributed by atoms with Crippen LogP contribution in [-0.4, -0.2) is 36.7 Å². The fraction of sp³-hybridized carbons (Fsp3) is 0.440. The van der Waals surface area contributed by atoms with Crippen molar-refractivity contribution in [2.24, 2.45) is 0 Å². The Morgan fingerprint density at radius 2 is 1.82 bits per heavy atom. The smallest absolute Gasteiger partial charge is 0.124 e. The van der Waals surface area contributed by atoms with E-state index >= 15 is 0 Å². The van der Waals surface area contributed by atoms with Crippen LogP contribution < -0.4 is 10.1 Å². The molecule has 1 aliphatic heterocycles. The van der Waals surface area contributed by atoms with Gasteiger partial charge >= 0.3 is 0 Å². The molecular formula is C25H32N2O. The van der Waals surface area contributed by atoms with Crippen molar-refractivity contribution in [3.05, 3.63) is 71.3 Å². The van der Waals surface area contributed by atoms with E-state index in [1.54, 1.807) is 0 Å². The number of hydrogen-bond donors (Lipinski definition) is 1. The van der Waals surface area contributed by atoms with E-state index < -0.39 is 0 Å². The summed E-state index contributed by atoms with van der Waals surface area (Å²) in [6.45, 7) is 5.12. The average molecular weight is 377 g/mol. The highest BCUT2D eigenvalue weighted by Crippen LogP contribution is 2.37. The first-order chi connectivity index (χ1) is 13.6. The Morgan fingerprint density at radius 3 is 2.61 bits per heavy atom. The van der Waals surface area contributed by atoms with E-state index in [0.29, 0.717) is 6.04 Å². The lowest BCUT2D eigenvalue weighted by Gasteiger charge is -2.42. The minimum atomic E-state index is -0.0428. The summed E-state index contributed by atoms with van der Waals surface area (Å²) >= 11 is 0. The van der Waals surface area contributed by atoms with Gasteiger partial charge in [-0.25, -0.2) is 0 Å².